The normalized spacial score (nSPS) is 11.6. The van der Waals surface area contributed by atoms with Gasteiger partial charge in [0.05, 0.1) is 5.56 Å². The highest BCUT2D eigenvalue weighted by molar-refractivity contribution is 6.10. The molecule has 1 aromatic heterocycles. The maximum absolute atomic E-state index is 13.5. The van der Waals surface area contributed by atoms with Gasteiger partial charge < -0.3 is 10.6 Å². The SMILES string of the molecule is CC(=O)Nc1cccc(/N=C(/NC(=O)c2ccc(F)c(F)c2)Nc2cccc(C(F)(F)F)c2)n1. The topological polar surface area (TPSA) is 95.5 Å². The number of aromatic nitrogens is 1. The first-order valence-electron chi connectivity index (χ1n) is 9.55. The van der Waals surface area contributed by atoms with E-state index < -0.39 is 35.2 Å². The number of amides is 2. The molecule has 0 unspecified atom stereocenters. The molecule has 0 aliphatic carbocycles. The Morgan fingerprint density at radius 1 is 0.912 bits per heavy atom. The van der Waals surface area contributed by atoms with Crippen LogP contribution in [0.4, 0.5) is 39.3 Å². The summed E-state index contributed by atoms with van der Waals surface area (Å²) in [6, 6.07) is 10.9. The molecule has 12 heteroatoms. The highest BCUT2D eigenvalue weighted by atomic mass is 19.4. The number of carbonyl (C=O) groups is 2. The third-order valence-corrected chi connectivity index (χ3v) is 4.13. The van der Waals surface area contributed by atoms with Crippen LogP contribution < -0.4 is 16.0 Å². The Morgan fingerprint density at radius 2 is 1.65 bits per heavy atom. The molecule has 0 bridgehead atoms. The van der Waals surface area contributed by atoms with Crippen molar-refractivity contribution in [3.05, 3.63) is 83.4 Å². The summed E-state index contributed by atoms with van der Waals surface area (Å²) in [6.45, 7) is 1.26. The molecule has 2 aromatic carbocycles. The van der Waals surface area contributed by atoms with Gasteiger partial charge in [0.15, 0.2) is 17.5 Å². The van der Waals surface area contributed by atoms with Crippen molar-refractivity contribution in [1.82, 2.24) is 10.3 Å². The van der Waals surface area contributed by atoms with Gasteiger partial charge in [-0.1, -0.05) is 12.1 Å². The zero-order valence-electron chi connectivity index (χ0n) is 17.4. The van der Waals surface area contributed by atoms with Gasteiger partial charge >= 0.3 is 6.18 Å². The maximum Gasteiger partial charge on any atom is 0.416 e. The van der Waals surface area contributed by atoms with Crippen molar-refractivity contribution in [3.63, 3.8) is 0 Å². The molecule has 176 valence electrons. The summed E-state index contributed by atoms with van der Waals surface area (Å²) in [6.07, 6.45) is -4.61. The van der Waals surface area contributed by atoms with Crippen LogP contribution in [0.2, 0.25) is 0 Å². The fourth-order valence-electron chi connectivity index (χ4n) is 2.66. The first-order valence-corrected chi connectivity index (χ1v) is 9.55. The van der Waals surface area contributed by atoms with Crippen LogP contribution >= 0.6 is 0 Å². The standard InChI is InChI=1S/C22H16F5N5O2/c1-12(33)28-18-6-3-7-19(30-18)31-21(29-15-5-2-4-14(11-15)22(25,26)27)32-20(34)13-8-9-16(23)17(24)10-13/h2-11H,1H3,(H3,28,29,30,31,32,33,34). The largest absolute Gasteiger partial charge is 0.416 e. The van der Waals surface area contributed by atoms with Crippen LogP contribution in [-0.2, 0) is 11.0 Å². The summed E-state index contributed by atoms with van der Waals surface area (Å²) in [5, 5.41) is 7.29. The molecule has 3 N–H and O–H groups in total. The number of hydrogen-bond donors (Lipinski definition) is 3. The number of rotatable bonds is 4. The fourth-order valence-corrected chi connectivity index (χ4v) is 2.66. The number of hydrogen-bond acceptors (Lipinski definition) is 4. The minimum absolute atomic E-state index is 0.0219. The van der Waals surface area contributed by atoms with Crippen molar-refractivity contribution in [2.75, 3.05) is 10.6 Å². The molecule has 0 saturated carbocycles. The molecule has 1 heterocycles. The van der Waals surface area contributed by atoms with Crippen molar-refractivity contribution >= 4 is 35.1 Å². The third kappa shape index (κ3) is 6.58. The van der Waals surface area contributed by atoms with E-state index in [0.29, 0.717) is 6.07 Å². The van der Waals surface area contributed by atoms with E-state index in [2.05, 4.69) is 25.9 Å². The van der Waals surface area contributed by atoms with E-state index in [4.69, 9.17) is 0 Å². The molecule has 0 aliphatic heterocycles. The molecule has 0 radical (unpaired) electrons. The van der Waals surface area contributed by atoms with Gasteiger partial charge in [-0.25, -0.2) is 13.8 Å². The predicted molar refractivity (Wildman–Crippen MR) is 115 cm³/mol. The quantitative estimate of drug-likeness (QED) is 0.284. The highest BCUT2D eigenvalue weighted by Gasteiger charge is 2.30. The summed E-state index contributed by atoms with van der Waals surface area (Å²) in [4.78, 5) is 31.9. The summed E-state index contributed by atoms with van der Waals surface area (Å²) < 4.78 is 65.9. The number of guanidine groups is 1. The lowest BCUT2D eigenvalue weighted by molar-refractivity contribution is -0.137. The van der Waals surface area contributed by atoms with Crippen molar-refractivity contribution in [1.29, 1.82) is 0 Å². The Kier molecular flexibility index (Phi) is 7.19. The molecule has 0 fully saturated rings. The zero-order valence-corrected chi connectivity index (χ0v) is 17.4. The van der Waals surface area contributed by atoms with E-state index in [1.807, 2.05) is 0 Å². The minimum atomic E-state index is -4.61. The van der Waals surface area contributed by atoms with Gasteiger partial charge in [0.2, 0.25) is 11.9 Å². The third-order valence-electron chi connectivity index (χ3n) is 4.13. The van der Waals surface area contributed by atoms with Crippen LogP contribution in [0, 0.1) is 11.6 Å². The van der Waals surface area contributed by atoms with E-state index in [1.54, 1.807) is 0 Å². The van der Waals surface area contributed by atoms with Gasteiger partial charge in [0.1, 0.15) is 5.82 Å². The Labute approximate surface area is 189 Å². The van der Waals surface area contributed by atoms with E-state index in [0.717, 1.165) is 30.3 Å². The maximum atomic E-state index is 13.5. The van der Waals surface area contributed by atoms with Gasteiger partial charge in [-0.05, 0) is 48.5 Å². The number of nitrogens with zero attached hydrogens (tertiary/aromatic N) is 2. The molecule has 34 heavy (non-hydrogen) atoms. The number of alkyl halides is 3. The van der Waals surface area contributed by atoms with Crippen molar-refractivity contribution < 1.29 is 31.5 Å². The molecule has 2 amide bonds. The molecular weight excluding hydrogens is 461 g/mol. The molecule has 0 spiro atoms. The van der Waals surface area contributed by atoms with E-state index >= 15 is 0 Å². The lowest BCUT2D eigenvalue weighted by atomic mass is 10.2. The molecule has 7 nitrogen and oxygen atoms in total. The molecule has 3 rings (SSSR count). The van der Waals surface area contributed by atoms with E-state index in [9.17, 15) is 31.5 Å². The predicted octanol–water partition coefficient (Wildman–Crippen LogP) is 4.87. The van der Waals surface area contributed by atoms with Gasteiger partial charge in [-0.2, -0.15) is 18.2 Å². The van der Waals surface area contributed by atoms with Gasteiger partial charge in [-0.15, -0.1) is 0 Å². The number of carbonyl (C=O) groups excluding carboxylic acids is 2. The van der Waals surface area contributed by atoms with Crippen LogP contribution in [0.5, 0.6) is 0 Å². The number of benzene rings is 2. The Morgan fingerprint density at radius 3 is 2.32 bits per heavy atom. The van der Waals surface area contributed by atoms with Crippen molar-refractivity contribution in [2.45, 2.75) is 13.1 Å². The molecule has 0 saturated heterocycles. The number of nitrogens with one attached hydrogen (secondary N) is 3. The lowest BCUT2D eigenvalue weighted by Gasteiger charge is -2.14. The van der Waals surface area contributed by atoms with E-state index in [1.165, 1.54) is 31.2 Å². The fraction of sp³-hybridized carbons (Fsp3) is 0.0909. The summed E-state index contributed by atoms with van der Waals surface area (Å²) >= 11 is 0. The first-order chi connectivity index (χ1) is 16.0. The summed E-state index contributed by atoms with van der Waals surface area (Å²) in [5.74, 6) is -3.99. The molecule has 0 aliphatic rings. The molecular formula is C22H16F5N5O2. The number of anilines is 2. The van der Waals surface area contributed by atoms with Crippen molar-refractivity contribution in [2.24, 2.45) is 4.99 Å². The van der Waals surface area contributed by atoms with Gasteiger partial charge in [0, 0.05) is 18.2 Å². The van der Waals surface area contributed by atoms with E-state index in [-0.39, 0.29) is 28.8 Å². The summed E-state index contributed by atoms with van der Waals surface area (Å²) in [5.41, 5.74) is -1.29. The second-order valence-corrected chi connectivity index (χ2v) is 6.81. The second kappa shape index (κ2) is 10.1. The minimum Gasteiger partial charge on any atom is -0.326 e. The second-order valence-electron chi connectivity index (χ2n) is 6.81. The van der Waals surface area contributed by atoms with Crippen LogP contribution in [-0.4, -0.2) is 22.8 Å². The van der Waals surface area contributed by atoms with Crippen molar-refractivity contribution in [3.8, 4) is 0 Å². The van der Waals surface area contributed by atoms with Crippen LogP contribution in [0.1, 0.15) is 22.8 Å². The van der Waals surface area contributed by atoms with Gasteiger partial charge in [0.25, 0.3) is 5.91 Å². The lowest BCUT2D eigenvalue weighted by Crippen LogP contribution is -2.36. The Hall–Kier alpha value is -4.35. The first kappa shape index (κ1) is 24.3. The monoisotopic (exact) mass is 477 g/mol. The number of pyridine rings is 1. The van der Waals surface area contributed by atoms with Crippen LogP contribution in [0.3, 0.4) is 0 Å². The average Bonchev–Trinajstić information content (AvgIpc) is 2.75. The zero-order chi connectivity index (χ0) is 24.9. The number of halogens is 5. The smallest absolute Gasteiger partial charge is 0.326 e. The Bertz CT molecular complexity index is 1260. The molecule has 3 aromatic rings. The number of aliphatic imine (C=N–C) groups is 1. The average molecular weight is 477 g/mol. The Balaban J connectivity index is 1.96. The summed E-state index contributed by atoms with van der Waals surface area (Å²) in [7, 11) is 0. The highest BCUT2D eigenvalue weighted by Crippen LogP contribution is 2.30. The van der Waals surface area contributed by atoms with Crippen LogP contribution in [0.15, 0.2) is 65.7 Å². The van der Waals surface area contributed by atoms with Crippen LogP contribution in [0.25, 0.3) is 0 Å². The van der Waals surface area contributed by atoms with Gasteiger partial charge in [-0.3, -0.25) is 14.9 Å². The molecule has 0 atom stereocenters.